The van der Waals surface area contributed by atoms with Gasteiger partial charge in [-0.15, -0.1) is 0 Å². The van der Waals surface area contributed by atoms with Gasteiger partial charge in [-0.3, -0.25) is 38.6 Å². The second-order valence-corrected chi connectivity index (χ2v) is 15.3. The molecule has 4 unspecified atom stereocenters. The second-order valence-electron chi connectivity index (χ2n) is 15.3. The number of benzene rings is 2. The molecular formula is C42H56N14O7. The number of aromatic amines is 2. The summed E-state index contributed by atoms with van der Waals surface area (Å²) >= 11 is 0. The molecule has 1 fully saturated rings. The van der Waals surface area contributed by atoms with E-state index in [-0.39, 0.29) is 57.6 Å². The van der Waals surface area contributed by atoms with Crippen LogP contribution in [0.5, 0.6) is 0 Å². The van der Waals surface area contributed by atoms with Crippen LogP contribution in [0.4, 0.5) is 0 Å². The molecule has 21 nitrogen and oxygen atoms in total. The average Bonchev–Trinajstić information content (AvgIpc) is 3.93. The zero-order chi connectivity index (χ0) is 45.3. The summed E-state index contributed by atoms with van der Waals surface area (Å²) in [5.41, 5.74) is 25.6. The van der Waals surface area contributed by atoms with E-state index in [1.165, 1.54) is 12.5 Å². The molecule has 1 aliphatic rings. The van der Waals surface area contributed by atoms with E-state index < -0.39 is 84.0 Å². The number of H-pyrrole nitrogens is 2. The highest BCUT2D eigenvalue weighted by Gasteiger charge is 2.34. The monoisotopic (exact) mass is 868 g/mol. The van der Waals surface area contributed by atoms with Gasteiger partial charge in [-0.1, -0.05) is 48.5 Å². The molecule has 0 saturated carbocycles. The summed E-state index contributed by atoms with van der Waals surface area (Å²) in [7, 11) is 0. The molecule has 0 radical (unpaired) electrons. The minimum Gasteiger partial charge on any atom is -0.370 e. The number of nitrogens with two attached hydrogens (primary N) is 4. The number of aromatic nitrogens is 3. The summed E-state index contributed by atoms with van der Waals surface area (Å²) in [4.78, 5) is 110. The van der Waals surface area contributed by atoms with Gasteiger partial charge in [0.2, 0.25) is 41.4 Å². The van der Waals surface area contributed by atoms with Crippen LogP contribution < -0.4 is 54.8 Å². The third-order valence-electron chi connectivity index (χ3n) is 10.5. The molecule has 63 heavy (non-hydrogen) atoms. The van der Waals surface area contributed by atoms with Gasteiger partial charge in [0, 0.05) is 61.3 Å². The van der Waals surface area contributed by atoms with Crippen LogP contribution in [0.2, 0.25) is 0 Å². The maximum Gasteiger partial charge on any atom is 0.243 e. The van der Waals surface area contributed by atoms with Crippen LogP contribution in [0.3, 0.4) is 0 Å². The number of fused-ring (bicyclic) bond motifs is 1. The quantitative estimate of drug-likeness (QED) is 0.0440. The van der Waals surface area contributed by atoms with Gasteiger partial charge in [0.25, 0.3) is 0 Å². The Hall–Kier alpha value is -7.29. The van der Waals surface area contributed by atoms with Gasteiger partial charge in [0.05, 0.1) is 18.8 Å². The Labute approximate surface area is 363 Å². The lowest BCUT2D eigenvalue weighted by Crippen LogP contribution is -2.60. The summed E-state index contributed by atoms with van der Waals surface area (Å²) in [5.74, 6) is -5.31. The van der Waals surface area contributed by atoms with Gasteiger partial charge < -0.3 is 64.8 Å². The van der Waals surface area contributed by atoms with Crippen molar-refractivity contribution in [3.8, 4) is 0 Å². The summed E-state index contributed by atoms with van der Waals surface area (Å²) in [6, 6.07) is 8.55. The van der Waals surface area contributed by atoms with Crippen LogP contribution >= 0.6 is 0 Å². The number of carbonyl (C=O) groups is 7. The molecule has 7 amide bonds. The van der Waals surface area contributed by atoms with Crippen molar-refractivity contribution in [3.05, 3.63) is 90.1 Å². The normalized spacial score (nSPS) is 22.7. The van der Waals surface area contributed by atoms with Gasteiger partial charge in [0.1, 0.15) is 30.2 Å². The fraction of sp³-hybridized carbons (Fsp3) is 0.405. The van der Waals surface area contributed by atoms with Gasteiger partial charge in [-0.25, -0.2) is 4.98 Å². The van der Waals surface area contributed by atoms with E-state index in [1.807, 2.05) is 24.3 Å². The van der Waals surface area contributed by atoms with Gasteiger partial charge in [-0.2, -0.15) is 0 Å². The largest absolute Gasteiger partial charge is 0.370 e. The first-order chi connectivity index (χ1) is 30.3. The number of rotatable bonds is 11. The van der Waals surface area contributed by atoms with Crippen LogP contribution in [-0.2, 0) is 52.8 Å². The molecule has 1 aliphatic heterocycles. The Morgan fingerprint density at radius 1 is 0.714 bits per heavy atom. The minimum atomic E-state index is -1.35. The molecule has 2 aromatic carbocycles. The lowest BCUT2D eigenvalue weighted by atomic mass is 10.0. The van der Waals surface area contributed by atoms with E-state index in [0.717, 1.165) is 10.9 Å². The minimum absolute atomic E-state index is 0.00512. The number of nitrogens with one attached hydrogen (secondary N) is 8. The van der Waals surface area contributed by atoms with E-state index in [4.69, 9.17) is 22.9 Å². The molecule has 0 bridgehead atoms. The third-order valence-corrected chi connectivity index (χ3v) is 10.5. The van der Waals surface area contributed by atoms with Crippen molar-refractivity contribution in [2.24, 2.45) is 27.9 Å². The van der Waals surface area contributed by atoms with Crippen LogP contribution in [0.15, 0.2) is 78.3 Å². The number of aliphatic imine (C=N–C) groups is 1. The number of carbonyl (C=O) groups excluding carboxylic acids is 7. The smallest absolute Gasteiger partial charge is 0.243 e. The Bertz CT molecular complexity index is 2220. The highest BCUT2D eigenvalue weighted by Crippen LogP contribution is 2.20. The van der Waals surface area contributed by atoms with Crippen molar-refractivity contribution >= 4 is 58.2 Å². The Morgan fingerprint density at radius 2 is 1.35 bits per heavy atom. The molecule has 2 aromatic heterocycles. The van der Waals surface area contributed by atoms with E-state index in [0.29, 0.717) is 29.7 Å². The van der Waals surface area contributed by atoms with E-state index in [9.17, 15) is 33.6 Å². The lowest BCUT2D eigenvalue weighted by Gasteiger charge is -2.27. The maximum absolute atomic E-state index is 14.4. The maximum atomic E-state index is 14.4. The van der Waals surface area contributed by atoms with Crippen molar-refractivity contribution in [2.45, 2.75) is 94.0 Å². The van der Waals surface area contributed by atoms with Crippen LogP contribution in [-0.4, -0.2) is 112 Å². The SMILES string of the molecule is NC(=O)C1CCCCNC(=O)C[C@H](N)C(=O)NC(Cc2cnc[nH]2)C(=O)N[C@H](Cc2ccccc2)C(=O)NC(CCCN=C(N)N)C(=O)NC(Cc2c[nH]c3ccccc23)C(=O)N1. The molecule has 21 heteroatoms. The first kappa shape index (κ1) is 46.8. The average molecular weight is 869 g/mol. The molecule has 0 spiro atoms. The van der Waals surface area contributed by atoms with Crippen molar-refractivity contribution in [1.29, 1.82) is 0 Å². The van der Waals surface area contributed by atoms with Crippen molar-refractivity contribution in [2.75, 3.05) is 13.1 Å². The van der Waals surface area contributed by atoms with Gasteiger partial charge >= 0.3 is 0 Å². The predicted octanol–water partition coefficient (Wildman–Crippen LogP) is -2.10. The first-order valence-electron chi connectivity index (χ1n) is 20.7. The van der Waals surface area contributed by atoms with E-state index >= 15 is 0 Å². The van der Waals surface area contributed by atoms with Gasteiger partial charge in [-0.05, 0) is 49.3 Å². The number of hydrogen-bond acceptors (Lipinski definition) is 10. The summed E-state index contributed by atoms with van der Waals surface area (Å²) in [6.07, 6.45) is 5.07. The summed E-state index contributed by atoms with van der Waals surface area (Å²) in [6.45, 7) is 0.259. The second kappa shape index (κ2) is 23.1. The van der Waals surface area contributed by atoms with Crippen molar-refractivity contribution < 1.29 is 33.6 Å². The molecule has 5 rings (SSSR count). The van der Waals surface area contributed by atoms with Crippen LogP contribution in [0.1, 0.15) is 55.3 Å². The van der Waals surface area contributed by atoms with Crippen molar-refractivity contribution in [1.82, 2.24) is 46.9 Å². The molecule has 0 aliphatic carbocycles. The fourth-order valence-corrected chi connectivity index (χ4v) is 7.11. The fourth-order valence-electron chi connectivity index (χ4n) is 7.11. The van der Waals surface area contributed by atoms with Crippen LogP contribution in [0.25, 0.3) is 10.9 Å². The van der Waals surface area contributed by atoms with E-state index in [2.05, 4.69) is 51.8 Å². The zero-order valence-corrected chi connectivity index (χ0v) is 34.7. The number of imidazole rings is 1. The summed E-state index contributed by atoms with van der Waals surface area (Å²) in [5, 5.41) is 17.1. The molecule has 336 valence electrons. The molecule has 1 saturated heterocycles. The number of hydrogen-bond donors (Lipinski definition) is 12. The van der Waals surface area contributed by atoms with Crippen LogP contribution in [0, 0.1) is 0 Å². The molecular weight excluding hydrogens is 813 g/mol. The van der Waals surface area contributed by atoms with E-state index in [1.54, 1.807) is 36.5 Å². The zero-order valence-electron chi connectivity index (χ0n) is 34.7. The molecule has 4 aromatic rings. The Morgan fingerprint density at radius 3 is 2.05 bits per heavy atom. The summed E-state index contributed by atoms with van der Waals surface area (Å²) < 4.78 is 0. The molecule has 3 heterocycles. The number of guanidine groups is 1. The standard InChI is InChI=1S/C42H56N14O7/c43-28-20-35(57)48-15-7-6-13-30(36(44)58)52-40(62)33(18-25-21-50-29-12-5-4-11-27(25)29)56-38(60)31(14-8-16-49-42(45)46)53-39(61)32(17-24-9-2-1-3-10-24)55-41(63)34(54-37(28)59)19-26-22-47-23-51-26/h1-5,9-12,21-23,28,30-34,50H,6-8,13-20,43H2,(H2,44,58)(H,47,51)(H,48,57)(H,52,62)(H,53,61)(H,54,59)(H,55,63)(H,56,60)(H4,45,46,49)/t28-,30?,31?,32+,33?,34?/m0/s1. The third kappa shape index (κ3) is 14.4. The molecule has 6 atom stereocenters. The topological polar surface area (TPSA) is 353 Å². The highest BCUT2D eigenvalue weighted by atomic mass is 16.2. The Kier molecular flexibility index (Phi) is 17.1. The lowest BCUT2D eigenvalue weighted by molar-refractivity contribution is -0.135. The first-order valence-corrected chi connectivity index (χ1v) is 20.7. The van der Waals surface area contributed by atoms with Gasteiger partial charge in [0.15, 0.2) is 5.96 Å². The number of nitrogens with zero attached hydrogens (tertiary/aromatic N) is 2. The molecule has 16 N–H and O–H groups in total. The van der Waals surface area contributed by atoms with Crippen molar-refractivity contribution in [3.63, 3.8) is 0 Å². The predicted molar refractivity (Wildman–Crippen MR) is 233 cm³/mol. The number of amides is 7. The Balaban J connectivity index is 1.51. The highest BCUT2D eigenvalue weighted by molar-refractivity contribution is 5.97. The number of primary amides is 1. The number of para-hydroxylation sites is 1.